The quantitative estimate of drug-likeness (QED) is 0.695. The predicted octanol–water partition coefficient (Wildman–Crippen LogP) is 0.543. The van der Waals surface area contributed by atoms with Crippen LogP contribution >= 0.6 is 0 Å². The van der Waals surface area contributed by atoms with Crippen LogP contribution in [0.3, 0.4) is 0 Å². The number of primary amides is 1. The molecule has 1 saturated carbocycles. The van der Waals surface area contributed by atoms with Crippen LogP contribution in [-0.4, -0.2) is 21.9 Å². The minimum absolute atomic E-state index is 0.0849. The number of hydrogen-bond acceptors (Lipinski definition) is 3. The molecule has 0 aromatic carbocycles. The smallest absolute Gasteiger partial charge is 0.220 e. The average molecular weight is 222 g/mol. The Morgan fingerprint density at radius 3 is 2.81 bits per heavy atom. The van der Waals surface area contributed by atoms with Crippen molar-refractivity contribution in [3.05, 3.63) is 18.2 Å². The molecule has 1 aromatic rings. The van der Waals surface area contributed by atoms with Crippen molar-refractivity contribution in [2.24, 2.45) is 11.7 Å². The Bertz CT molecular complexity index is 328. The molecule has 16 heavy (non-hydrogen) atoms. The van der Waals surface area contributed by atoms with Crippen molar-refractivity contribution in [2.45, 2.75) is 38.3 Å². The molecule has 0 unspecified atom stereocenters. The summed E-state index contributed by atoms with van der Waals surface area (Å²) >= 11 is 0. The molecule has 1 heterocycles. The van der Waals surface area contributed by atoms with Gasteiger partial charge in [0, 0.05) is 24.4 Å². The van der Waals surface area contributed by atoms with E-state index in [9.17, 15) is 4.79 Å². The van der Waals surface area contributed by atoms with Crippen molar-refractivity contribution in [3.63, 3.8) is 0 Å². The summed E-state index contributed by atoms with van der Waals surface area (Å²) in [6.07, 6.45) is 7.43. The highest BCUT2D eigenvalue weighted by Gasteiger charge is 2.24. The van der Waals surface area contributed by atoms with Gasteiger partial charge in [-0.2, -0.15) is 0 Å². The van der Waals surface area contributed by atoms with E-state index in [1.165, 1.54) is 0 Å². The Balaban J connectivity index is 1.71. The van der Waals surface area contributed by atoms with Crippen LogP contribution in [0.2, 0.25) is 0 Å². The maximum absolute atomic E-state index is 11.0. The van der Waals surface area contributed by atoms with E-state index in [-0.39, 0.29) is 11.8 Å². The van der Waals surface area contributed by atoms with Gasteiger partial charge >= 0.3 is 0 Å². The van der Waals surface area contributed by atoms with Crippen LogP contribution in [0.5, 0.6) is 0 Å². The molecule has 5 nitrogen and oxygen atoms in total. The molecule has 4 N–H and O–H groups in total. The lowest BCUT2D eigenvalue weighted by Crippen LogP contribution is -2.36. The van der Waals surface area contributed by atoms with Crippen LogP contribution in [0.15, 0.2) is 12.4 Å². The molecule has 88 valence electrons. The fraction of sp³-hybridized carbons (Fsp3) is 0.636. The SMILES string of the molecule is NC(=O)C1CCC(NCc2ncc[nH]2)CC1. The first-order chi connectivity index (χ1) is 7.75. The molecular weight excluding hydrogens is 204 g/mol. The Kier molecular flexibility index (Phi) is 3.56. The van der Waals surface area contributed by atoms with Crippen molar-refractivity contribution in [1.82, 2.24) is 15.3 Å². The second-order valence-corrected chi connectivity index (χ2v) is 4.37. The summed E-state index contributed by atoms with van der Waals surface area (Å²) in [6, 6.07) is 0.487. The Morgan fingerprint density at radius 1 is 1.50 bits per heavy atom. The zero-order chi connectivity index (χ0) is 11.4. The fourth-order valence-corrected chi connectivity index (χ4v) is 2.22. The summed E-state index contributed by atoms with van der Waals surface area (Å²) in [7, 11) is 0. The number of amides is 1. The standard InChI is InChI=1S/C11H18N4O/c12-11(16)8-1-3-9(4-2-8)15-7-10-13-5-6-14-10/h5-6,8-9,15H,1-4,7H2,(H2,12,16)(H,13,14). The summed E-state index contributed by atoms with van der Waals surface area (Å²) in [5.41, 5.74) is 5.29. The second kappa shape index (κ2) is 5.12. The van der Waals surface area contributed by atoms with Crippen LogP contribution < -0.4 is 11.1 Å². The average Bonchev–Trinajstić information content (AvgIpc) is 2.80. The van der Waals surface area contributed by atoms with Gasteiger partial charge in [0.1, 0.15) is 5.82 Å². The number of carbonyl (C=O) groups is 1. The highest BCUT2D eigenvalue weighted by molar-refractivity contribution is 5.76. The lowest BCUT2D eigenvalue weighted by molar-refractivity contribution is -0.122. The van der Waals surface area contributed by atoms with Gasteiger partial charge in [0.15, 0.2) is 0 Å². The first-order valence-electron chi connectivity index (χ1n) is 5.76. The van der Waals surface area contributed by atoms with E-state index in [1.54, 1.807) is 6.20 Å². The third-order valence-corrected chi connectivity index (χ3v) is 3.24. The van der Waals surface area contributed by atoms with Gasteiger partial charge in [-0.05, 0) is 25.7 Å². The van der Waals surface area contributed by atoms with Crippen LogP contribution in [0.1, 0.15) is 31.5 Å². The number of rotatable bonds is 4. The number of H-pyrrole nitrogens is 1. The van der Waals surface area contributed by atoms with E-state index in [1.807, 2.05) is 6.20 Å². The van der Waals surface area contributed by atoms with Crippen molar-refractivity contribution < 1.29 is 4.79 Å². The van der Waals surface area contributed by atoms with Gasteiger partial charge in [-0.25, -0.2) is 4.98 Å². The third kappa shape index (κ3) is 2.82. The molecule has 5 heteroatoms. The van der Waals surface area contributed by atoms with Crippen LogP contribution in [0, 0.1) is 5.92 Å². The van der Waals surface area contributed by atoms with Gasteiger partial charge in [0.25, 0.3) is 0 Å². The number of aromatic nitrogens is 2. The van der Waals surface area contributed by atoms with E-state index in [0.717, 1.165) is 38.1 Å². The molecule has 1 fully saturated rings. The molecule has 1 amide bonds. The van der Waals surface area contributed by atoms with Crippen molar-refractivity contribution >= 4 is 5.91 Å². The summed E-state index contributed by atoms with van der Waals surface area (Å²) in [6.45, 7) is 0.763. The normalized spacial score (nSPS) is 25.5. The van der Waals surface area contributed by atoms with Gasteiger partial charge in [-0.1, -0.05) is 0 Å². The number of aromatic amines is 1. The highest BCUT2D eigenvalue weighted by Crippen LogP contribution is 2.23. The van der Waals surface area contributed by atoms with E-state index < -0.39 is 0 Å². The zero-order valence-electron chi connectivity index (χ0n) is 9.28. The van der Waals surface area contributed by atoms with E-state index in [4.69, 9.17) is 5.73 Å². The number of carbonyl (C=O) groups excluding carboxylic acids is 1. The van der Waals surface area contributed by atoms with Crippen molar-refractivity contribution in [3.8, 4) is 0 Å². The molecule has 0 aliphatic heterocycles. The first-order valence-corrected chi connectivity index (χ1v) is 5.76. The monoisotopic (exact) mass is 222 g/mol. The molecule has 1 aromatic heterocycles. The molecule has 1 aliphatic carbocycles. The molecule has 1 aliphatic rings. The number of nitrogens with one attached hydrogen (secondary N) is 2. The maximum atomic E-state index is 11.0. The van der Waals surface area contributed by atoms with E-state index >= 15 is 0 Å². The fourth-order valence-electron chi connectivity index (χ4n) is 2.22. The van der Waals surface area contributed by atoms with Crippen LogP contribution in [-0.2, 0) is 11.3 Å². The molecule has 0 bridgehead atoms. The highest BCUT2D eigenvalue weighted by atomic mass is 16.1. The maximum Gasteiger partial charge on any atom is 0.220 e. The molecular formula is C11H18N4O. The first kappa shape index (κ1) is 11.1. The molecule has 2 rings (SSSR count). The van der Waals surface area contributed by atoms with Gasteiger partial charge < -0.3 is 16.0 Å². The lowest BCUT2D eigenvalue weighted by Gasteiger charge is -2.27. The predicted molar refractivity (Wildman–Crippen MR) is 60.4 cm³/mol. The van der Waals surface area contributed by atoms with Crippen molar-refractivity contribution in [2.75, 3.05) is 0 Å². The zero-order valence-corrected chi connectivity index (χ0v) is 9.28. The van der Waals surface area contributed by atoms with Gasteiger partial charge in [-0.15, -0.1) is 0 Å². The van der Waals surface area contributed by atoms with Crippen LogP contribution in [0.25, 0.3) is 0 Å². The molecule has 0 radical (unpaired) electrons. The van der Waals surface area contributed by atoms with E-state index in [2.05, 4.69) is 15.3 Å². The van der Waals surface area contributed by atoms with Crippen molar-refractivity contribution in [1.29, 1.82) is 0 Å². The van der Waals surface area contributed by atoms with Gasteiger partial charge in [0.2, 0.25) is 5.91 Å². The van der Waals surface area contributed by atoms with E-state index in [0.29, 0.717) is 6.04 Å². The third-order valence-electron chi connectivity index (χ3n) is 3.24. The molecule has 0 saturated heterocycles. The van der Waals surface area contributed by atoms with Gasteiger partial charge in [-0.3, -0.25) is 4.79 Å². The Morgan fingerprint density at radius 2 is 2.25 bits per heavy atom. The summed E-state index contributed by atoms with van der Waals surface area (Å²) in [5.74, 6) is 0.892. The Labute approximate surface area is 94.8 Å². The minimum atomic E-state index is -0.149. The summed E-state index contributed by atoms with van der Waals surface area (Å²) < 4.78 is 0. The number of nitrogens with two attached hydrogens (primary N) is 1. The molecule has 0 spiro atoms. The largest absolute Gasteiger partial charge is 0.369 e. The second-order valence-electron chi connectivity index (χ2n) is 4.37. The number of nitrogens with zero attached hydrogens (tertiary/aromatic N) is 1. The molecule has 0 atom stereocenters. The van der Waals surface area contributed by atoms with Crippen LogP contribution in [0.4, 0.5) is 0 Å². The number of hydrogen-bond donors (Lipinski definition) is 3. The number of imidazole rings is 1. The topological polar surface area (TPSA) is 83.8 Å². The Hall–Kier alpha value is -1.36. The summed E-state index contributed by atoms with van der Waals surface area (Å²) in [5, 5.41) is 3.44. The lowest BCUT2D eigenvalue weighted by atomic mass is 9.85. The summed E-state index contributed by atoms with van der Waals surface area (Å²) in [4.78, 5) is 18.2. The minimum Gasteiger partial charge on any atom is -0.369 e. The van der Waals surface area contributed by atoms with Gasteiger partial charge in [0.05, 0.1) is 6.54 Å².